The van der Waals surface area contributed by atoms with Gasteiger partial charge in [0, 0.05) is 0 Å². The van der Waals surface area contributed by atoms with Crippen molar-refractivity contribution < 1.29 is 19.0 Å². The molecule has 5 nitrogen and oxygen atoms in total. The predicted octanol–water partition coefficient (Wildman–Crippen LogP) is 5.30. The molecule has 0 aliphatic carbocycles. The highest BCUT2D eigenvalue weighted by Crippen LogP contribution is 2.31. The Balaban J connectivity index is 1.87. The first-order chi connectivity index (χ1) is 14.5. The van der Waals surface area contributed by atoms with E-state index in [2.05, 4.69) is 6.07 Å². The zero-order chi connectivity index (χ0) is 21.5. The molecule has 0 unspecified atom stereocenters. The molecule has 0 aromatic heterocycles. The van der Waals surface area contributed by atoms with Crippen molar-refractivity contribution in [3.63, 3.8) is 0 Å². The summed E-state index contributed by atoms with van der Waals surface area (Å²) in [5.41, 5.74) is 3.33. The van der Waals surface area contributed by atoms with Gasteiger partial charge in [-0.1, -0.05) is 24.3 Å². The second kappa shape index (κ2) is 9.44. The van der Waals surface area contributed by atoms with Crippen LogP contribution in [-0.4, -0.2) is 20.2 Å². The van der Waals surface area contributed by atoms with Crippen molar-refractivity contribution in [1.29, 1.82) is 5.26 Å². The van der Waals surface area contributed by atoms with E-state index in [0.29, 0.717) is 22.6 Å². The largest absolute Gasteiger partial charge is 0.497 e. The third-order valence-electron chi connectivity index (χ3n) is 4.59. The van der Waals surface area contributed by atoms with Crippen molar-refractivity contribution >= 4 is 17.6 Å². The van der Waals surface area contributed by atoms with E-state index in [1.165, 1.54) is 7.11 Å². The topological polar surface area (TPSA) is 68.5 Å². The van der Waals surface area contributed by atoms with Gasteiger partial charge < -0.3 is 14.2 Å². The van der Waals surface area contributed by atoms with Gasteiger partial charge in [0.05, 0.1) is 31.4 Å². The van der Waals surface area contributed by atoms with Gasteiger partial charge in [-0.2, -0.15) is 5.26 Å². The maximum absolute atomic E-state index is 12.5. The van der Waals surface area contributed by atoms with Crippen molar-refractivity contribution in [2.45, 2.75) is 6.92 Å². The van der Waals surface area contributed by atoms with E-state index in [9.17, 15) is 10.1 Å². The summed E-state index contributed by atoms with van der Waals surface area (Å²) in [5.74, 6) is 0.978. The third kappa shape index (κ3) is 4.68. The Hall–Kier alpha value is -4.04. The normalized spacial score (nSPS) is 10.8. The lowest BCUT2D eigenvalue weighted by molar-refractivity contribution is 0.0729. The van der Waals surface area contributed by atoms with Gasteiger partial charge in [0.25, 0.3) is 0 Å². The van der Waals surface area contributed by atoms with Gasteiger partial charge >= 0.3 is 5.97 Å². The number of carbonyl (C=O) groups is 1. The molecule has 0 spiro atoms. The summed E-state index contributed by atoms with van der Waals surface area (Å²) in [5, 5.41) is 9.57. The summed E-state index contributed by atoms with van der Waals surface area (Å²) in [6.45, 7) is 1.85. The van der Waals surface area contributed by atoms with Crippen LogP contribution in [0.1, 0.15) is 27.0 Å². The molecule has 0 N–H and O–H groups in total. The molecule has 0 aliphatic heterocycles. The van der Waals surface area contributed by atoms with E-state index in [4.69, 9.17) is 14.2 Å². The van der Waals surface area contributed by atoms with Crippen LogP contribution in [-0.2, 0) is 0 Å². The summed E-state index contributed by atoms with van der Waals surface area (Å²) in [7, 11) is 3.10. The molecule has 3 aromatic carbocycles. The molecule has 0 amide bonds. The highest BCUT2D eigenvalue weighted by Gasteiger charge is 2.14. The van der Waals surface area contributed by atoms with Gasteiger partial charge in [-0.25, -0.2) is 4.79 Å². The van der Waals surface area contributed by atoms with Crippen LogP contribution >= 0.6 is 0 Å². The molecule has 0 bridgehead atoms. The summed E-state index contributed by atoms with van der Waals surface area (Å²) in [6, 6.07) is 21.8. The number of esters is 1. The maximum Gasteiger partial charge on any atom is 0.343 e. The zero-order valence-electron chi connectivity index (χ0n) is 17.0. The first-order valence-electron chi connectivity index (χ1n) is 9.27. The molecule has 0 radical (unpaired) electrons. The zero-order valence-corrected chi connectivity index (χ0v) is 17.0. The number of ether oxygens (including phenoxy) is 3. The lowest BCUT2D eigenvalue weighted by Gasteiger charge is -2.11. The molecule has 5 heteroatoms. The minimum atomic E-state index is -0.453. The quantitative estimate of drug-likeness (QED) is 0.244. The van der Waals surface area contributed by atoms with Crippen molar-refractivity contribution in [3.05, 3.63) is 89.0 Å². The third-order valence-corrected chi connectivity index (χ3v) is 4.59. The lowest BCUT2D eigenvalue weighted by Crippen LogP contribution is -2.10. The number of hydrogen-bond donors (Lipinski definition) is 0. The van der Waals surface area contributed by atoms with Gasteiger partial charge in [-0.15, -0.1) is 0 Å². The van der Waals surface area contributed by atoms with Crippen LogP contribution in [0.4, 0.5) is 0 Å². The van der Waals surface area contributed by atoms with Gasteiger partial charge in [-0.05, 0) is 72.2 Å². The van der Waals surface area contributed by atoms with Crippen molar-refractivity contribution in [2.24, 2.45) is 0 Å². The average Bonchev–Trinajstić information content (AvgIpc) is 2.78. The predicted molar refractivity (Wildman–Crippen MR) is 116 cm³/mol. The molecule has 0 saturated heterocycles. The highest BCUT2D eigenvalue weighted by molar-refractivity contribution is 5.93. The molecule has 0 atom stereocenters. The van der Waals surface area contributed by atoms with Gasteiger partial charge in [0.15, 0.2) is 11.5 Å². The molecule has 0 aliphatic rings. The summed E-state index contributed by atoms with van der Waals surface area (Å²) in [4.78, 5) is 12.5. The van der Waals surface area contributed by atoms with Crippen molar-refractivity contribution in [3.8, 4) is 23.3 Å². The van der Waals surface area contributed by atoms with E-state index in [1.807, 2.05) is 31.2 Å². The van der Waals surface area contributed by atoms with Crippen LogP contribution in [0.25, 0.3) is 11.6 Å². The Kier molecular flexibility index (Phi) is 6.51. The molecule has 0 saturated carbocycles. The Morgan fingerprint density at radius 1 is 0.933 bits per heavy atom. The fourth-order valence-electron chi connectivity index (χ4n) is 2.93. The van der Waals surface area contributed by atoms with Gasteiger partial charge in [0.2, 0.25) is 0 Å². The molecule has 30 heavy (non-hydrogen) atoms. The molecular formula is C25H21NO4. The fraction of sp³-hybridized carbons (Fsp3) is 0.120. The Morgan fingerprint density at radius 3 is 2.30 bits per heavy atom. The number of methoxy groups -OCH3 is 2. The number of carbonyl (C=O) groups excluding carboxylic acids is 1. The summed E-state index contributed by atoms with van der Waals surface area (Å²) < 4.78 is 16.1. The van der Waals surface area contributed by atoms with Crippen LogP contribution in [0.5, 0.6) is 17.2 Å². The smallest absolute Gasteiger partial charge is 0.343 e. The number of nitrogens with zero attached hydrogens (tertiary/aromatic N) is 1. The van der Waals surface area contributed by atoms with Crippen LogP contribution in [0, 0.1) is 18.3 Å². The first-order valence-corrected chi connectivity index (χ1v) is 9.27. The number of aryl methyl sites for hydroxylation is 1. The number of rotatable bonds is 6. The standard InChI is InChI=1S/C25H21NO4/c1-17-6-4-5-7-22(17)25(27)30-23-13-8-18(15-24(23)29-3)14-20(16-26)19-9-11-21(28-2)12-10-19/h4-15H,1-3H3/b20-14-. The SMILES string of the molecule is COc1ccc(/C(C#N)=C\c2ccc(OC(=O)c3ccccc3C)c(OC)c2)cc1. The second-order valence-electron chi connectivity index (χ2n) is 6.51. The number of nitriles is 1. The maximum atomic E-state index is 12.5. The van der Waals surface area contributed by atoms with E-state index in [0.717, 1.165) is 22.4 Å². The highest BCUT2D eigenvalue weighted by atomic mass is 16.6. The van der Waals surface area contributed by atoms with E-state index in [-0.39, 0.29) is 0 Å². The lowest BCUT2D eigenvalue weighted by atomic mass is 10.0. The first kappa shape index (κ1) is 20.7. The van der Waals surface area contributed by atoms with Crippen molar-refractivity contribution in [1.82, 2.24) is 0 Å². The molecule has 0 heterocycles. The Bertz CT molecular complexity index is 1120. The van der Waals surface area contributed by atoms with Gasteiger partial charge in [-0.3, -0.25) is 0 Å². The van der Waals surface area contributed by atoms with Gasteiger partial charge in [0.1, 0.15) is 5.75 Å². The Labute approximate surface area is 175 Å². The van der Waals surface area contributed by atoms with Crippen LogP contribution < -0.4 is 14.2 Å². The molecule has 0 fully saturated rings. The molecular weight excluding hydrogens is 378 g/mol. The molecule has 150 valence electrons. The van der Waals surface area contributed by atoms with Crippen LogP contribution in [0.2, 0.25) is 0 Å². The second-order valence-corrected chi connectivity index (χ2v) is 6.51. The monoisotopic (exact) mass is 399 g/mol. The number of benzene rings is 3. The van der Waals surface area contributed by atoms with E-state index < -0.39 is 5.97 Å². The number of allylic oxidation sites excluding steroid dienone is 1. The summed E-state index contributed by atoms with van der Waals surface area (Å²) in [6.07, 6.45) is 1.75. The molecule has 3 aromatic rings. The van der Waals surface area contributed by atoms with Crippen LogP contribution in [0.3, 0.4) is 0 Å². The fourth-order valence-corrected chi connectivity index (χ4v) is 2.93. The molecule has 3 rings (SSSR count). The minimum Gasteiger partial charge on any atom is -0.497 e. The van der Waals surface area contributed by atoms with E-state index >= 15 is 0 Å². The summed E-state index contributed by atoms with van der Waals surface area (Å²) >= 11 is 0. The van der Waals surface area contributed by atoms with E-state index in [1.54, 1.807) is 55.7 Å². The Morgan fingerprint density at radius 2 is 1.67 bits per heavy atom. The van der Waals surface area contributed by atoms with Crippen molar-refractivity contribution in [2.75, 3.05) is 14.2 Å². The number of hydrogen-bond acceptors (Lipinski definition) is 5. The average molecular weight is 399 g/mol. The van der Waals surface area contributed by atoms with Crippen LogP contribution in [0.15, 0.2) is 66.7 Å². The minimum absolute atomic E-state index is 0.311.